The van der Waals surface area contributed by atoms with Gasteiger partial charge in [-0.15, -0.1) is 11.3 Å². The van der Waals surface area contributed by atoms with Crippen LogP contribution in [0.4, 0.5) is 0 Å². The van der Waals surface area contributed by atoms with E-state index in [-0.39, 0.29) is 6.04 Å². The number of thiophene rings is 1. The number of aromatic nitrogens is 4. The van der Waals surface area contributed by atoms with Crippen molar-refractivity contribution in [3.63, 3.8) is 0 Å². The summed E-state index contributed by atoms with van der Waals surface area (Å²) >= 11 is 7.15. The van der Waals surface area contributed by atoms with E-state index in [1.54, 1.807) is 17.5 Å². The van der Waals surface area contributed by atoms with Gasteiger partial charge in [0.15, 0.2) is 10.6 Å². The Morgan fingerprint density at radius 1 is 1.35 bits per heavy atom. The van der Waals surface area contributed by atoms with E-state index in [0.29, 0.717) is 4.77 Å². The molecule has 0 radical (unpaired) electrons. The number of aromatic amines is 1. The summed E-state index contributed by atoms with van der Waals surface area (Å²) in [5.41, 5.74) is 0.829. The van der Waals surface area contributed by atoms with Gasteiger partial charge in [-0.05, 0) is 42.2 Å². The number of nitrogens with one attached hydrogen (secondary N) is 1. The van der Waals surface area contributed by atoms with Gasteiger partial charge in [0, 0.05) is 11.1 Å². The van der Waals surface area contributed by atoms with Crippen LogP contribution in [0.3, 0.4) is 0 Å². The third kappa shape index (κ3) is 2.32. The minimum absolute atomic E-state index is 0.193. The van der Waals surface area contributed by atoms with Crippen LogP contribution in [-0.2, 0) is 0 Å². The average Bonchev–Trinajstić information content (AvgIpc) is 3.12. The van der Waals surface area contributed by atoms with E-state index >= 15 is 0 Å². The molecule has 1 unspecified atom stereocenters. The molecule has 0 saturated carbocycles. The highest BCUT2D eigenvalue weighted by Gasteiger charge is 2.19. The van der Waals surface area contributed by atoms with Crippen LogP contribution in [0.5, 0.6) is 0 Å². The Morgan fingerprint density at radius 2 is 2.25 bits per heavy atom. The van der Waals surface area contributed by atoms with E-state index < -0.39 is 0 Å². The number of hydrogen-bond donors (Lipinski definition) is 1. The van der Waals surface area contributed by atoms with Gasteiger partial charge in [0.2, 0.25) is 0 Å². The zero-order chi connectivity index (χ0) is 13.9. The first kappa shape index (κ1) is 13.2. The molecule has 0 aromatic carbocycles. The summed E-state index contributed by atoms with van der Waals surface area (Å²) in [4.78, 5) is 5.65. The topological polar surface area (TPSA) is 46.5 Å². The maximum Gasteiger partial charge on any atom is 0.196 e. The summed E-state index contributed by atoms with van der Waals surface area (Å²) < 4.78 is 2.69. The first-order valence-corrected chi connectivity index (χ1v) is 7.71. The minimum atomic E-state index is 0.193. The summed E-state index contributed by atoms with van der Waals surface area (Å²) in [6, 6.07) is 10.2. The summed E-state index contributed by atoms with van der Waals surface area (Å²) in [5.74, 6) is 0.788. The van der Waals surface area contributed by atoms with E-state index in [2.05, 4.69) is 44.2 Å². The number of hydrogen-bond acceptors (Lipinski definition) is 4. The quantitative estimate of drug-likeness (QED) is 0.739. The Morgan fingerprint density at radius 3 is 2.90 bits per heavy atom. The second kappa shape index (κ2) is 5.68. The molecule has 0 spiro atoms. The predicted molar refractivity (Wildman–Crippen MR) is 83.4 cm³/mol. The summed E-state index contributed by atoms with van der Waals surface area (Å²) in [6.45, 7) is 2.15. The van der Waals surface area contributed by atoms with E-state index in [1.807, 2.05) is 18.2 Å². The van der Waals surface area contributed by atoms with E-state index in [0.717, 1.165) is 17.9 Å². The Kier molecular flexibility index (Phi) is 3.75. The molecule has 20 heavy (non-hydrogen) atoms. The fourth-order valence-electron chi connectivity index (χ4n) is 2.26. The molecule has 0 saturated heterocycles. The van der Waals surface area contributed by atoms with Gasteiger partial charge in [0.05, 0.1) is 6.04 Å². The number of H-pyrrole nitrogens is 1. The molecule has 0 bridgehead atoms. The molecule has 3 heterocycles. The Balaban J connectivity index is 2.14. The van der Waals surface area contributed by atoms with Gasteiger partial charge in [0.25, 0.3) is 0 Å². The molecule has 0 fully saturated rings. The van der Waals surface area contributed by atoms with Crippen molar-refractivity contribution in [3.8, 4) is 11.5 Å². The predicted octanol–water partition coefficient (Wildman–Crippen LogP) is 4.06. The lowest BCUT2D eigenvalue weighted by Gasteiger charge is -2.16. The molecule has 3 rings (SSSR count). The fourth-order valence-corrected chi connectivity index (χ4v) is 3.42. The summed E-state index contributed by atoms with van der Waals surface area (Å²) in [6.07, 6.45) is 2.72. The van der Waals surface area contributed by atoms with Gasteiger partial charge < -0.3 is 0 Å². The van der Waals surface area contributed by atoms with E-state index in [4.69, 9.17) is 12.2 Å². The average molecular weight is 302 g/mol. The highest BCUT2D eigenvalue weighted by molar-refractivity contribution is 7.71. The van der Waals surface area contributed by atoms with Crippen LogP contribution >= 0.6 is 23.6 Å². The highest BCUT2D eigenvalue weighted by Crippen LogP contribution is 2.29. The Bertz CT molecular complexity index is 728. The monoisotopic (exact) mass is 302 g/mol. The van der Waals surface area contributed by atoms with Crippen LogP contribution in [0.25, 0.3) is 11.5 Å². The third-order valence-electron chi connectivity index (χ3n) is 3.17. The summed E-state index contributed by atoms with van der Waals surface area (Å²) in [7, 11) is 0. The standard InChI is InChI=1S/C14H14N4S2/c1-2-11(12-7-5-9-20-12)18-13(16-17-14(18)19)10-6-3-4-8-15-10/h3-9,11H,2H2,1H3,(H,17,19). The van der Waals surface area contributed by atoms with E-state index in [1.165, 1.54) is 4.88 Å². The lowest BCUT2D eigenvalue weighted by atomic mass is 10.2. The molecule has 4 nitrogen and oxygen atoms in total. The van der Waals surface area contributed by atoms with Crippen molar-refractivity contribution < 1.29 is 0 Å². The molecule has 0 aliphatic heterocycles. The SMILES string of the molecule is CCC(c1cccs1)n1c(-c2ccccn2)n[nH]c1=S. The second-order valence-corrected chi connectivity index (χ2v) is 5.74. The number of rotatable bonds is 4. The molecule has 1 atom stereocenters. The minimum Gasteiger partial charge on any atom is -0.290 e. The highest BCUT2D eigenvalue weighted by atomic mass is 32.1. The molecule has 3 aromatic rings. The van der Waals surface area contributed by atoms with Crippen molar-refractivity contribution >= 4 is 23.6 Å². The third-order valence-corrected chi connectivity index (χ3v) is 4.43. The zero-order valence-corrected chi connectivity index (χ0v) is 12.6. The zero-order valence-electron chi connectivity index (χ0n) is 11.0. The molecule has 102 valence electrons. The van der Waals surface area contributed by atoms with Gasteiger partial charge in [0.1, 0.15) is 5.69 Å². The van der Waals surface area contributed by atoms with Crippen molar-refractivity contribution in [3.05, 3.63) is 51.6 Å². The van der Waals surface area contributed by atoms with Crippen LogP contribution in [0.1, 0.15) is 24.3 Å². The van der Waals surface area contributed by atoms with Crippen molar-refractivity contribution in [2.75, 3.05) is 0 Å². The first-order valence-electron chi connectivity index (χ1n) is 6.43. The molecule has 3 aromatic heterocycles. The van der Waals surface area contributed by atoms with Crippen molar-refractivity contribution in [1.29, 1.82) is 0 Å². The van der Waals surface area contributed by atoms with Gasteiger partial charge >= 0.3 is 0 Å². The van der Waals surface area contributed by atoms with Gasteiger partial charge in [-0.2, -0.15) is 5.10 Å². The van der Waals surface area contributed by atoms with Gasteiger partial charge in [-0.25, -0.2) is 0 Å². The number of pyridine rings is 1. The molecule has 0 aliphatic rings. The maximum absolute atomic E-state index is 5.41. The smallest absolute Gasteiger partial charge is 0.196 e. The molecular formula is C14H14N4S2. The van der Waals surface area contributed by atoms with E-state index in [9.17, 15) is 0 Å². The van der Waals surface area contributed by atoms with Crippen LogP contribution in [0.15, 0.2) is 41.9 Å². The molecule has 6 heteroatoms. The van der Waals surface area contributed by atoms with Crippen molar-refractivity contribution in [2.45, 2.75) is 19.4 Å². The lowest BCUT2D eigenvalue weighted by Crippen LogP contribution is -2.10. The van der Waals surface area contributed by atoms with Crippen LogP contribution in [0.2, 0.25) is 0 Å². The number of nitrogens with zero attached hydrogens (tertiary/aromatic N) is 3. The van der Waals surface area contributed by atoms with Crippen LogP contribution in [0, 0.1) is 4.77 Å². The molecule has 0 amide bonds. The molecule has 0 aliphatic carbocycles. The van der Waals surface area contributed by atoms with Crippen molar-refractivity contribution in [2.24, 2.45) is 0 Å². The lowest BCUT2D eigenvalue weighted by molar-refractivity contribution is 0.572. The Hall–Kier alpha value is -1.79. The molecular weight excluding hydrogens is 288 g/mol. The maximum atomic E-state index is 5.41. The largest absolute Gasteiger partial charge is 0.290 e. The first-order chi connectivity index (χ1) is 9.81. The van der Waals surface area contributed by atoms with Crippen LogP contribution in [-0.4, -0.2) is 19.7 Å². The normalized spacial score (nSPS) is 12.4. The van der Waals surface area contributed by atoms with Gasteiger partial charge in [-0.3, -0.25) is 14.6 Å². The molecule has 1 N–H and O–H groups in total. The van der Waals surface area contributed by atoms with Crippen molar-refractivity contribution in [1.82, 2.24) is 19.7 Å². The Labute approximate surface area is 126 Å². The van der Waals surface area contributed by atoms with Crippen LogP contribution < -0.4 is 0 Å². The summed E-state index contributed by atoms with van der Waals surface area (Å²) in [5, 5.41) is 9.33. The fraction of sp³-hybridized carbons (Fsp3) is 0.214. The second-order valence-electron chi connectivity index (χ2n) is 4.38. The van der Waals surface area contributed by atoms with Gasteiger partial charge in [-0.1, -0.05) is 19.1 Å².